The Hall–Kier alpha value is -3.34. The molecular weight excluding hydrogens is 290 g/mol. The van der Waals surface area contributed by atoms with Gasteiger partial charge in [0.05, 0.1) is 10.4 Å². The number of aromatic nitrogens is 1. The number of para-hydroxylation sites is 1. The second-order valence-electron chi connectivity index (χ2n) is 5.47. The highest BCUT2D eigenvalue weighted by molar-refractivity contribution is 6.13. The lowest BCUT2D eigenvalue weighted by Crippen LogP contribution is -1.89. The maximum absolute atomic E-state index is 10.8. The third kappa shape index (κ3) is 2.10. The number of nitro benzene ring substituents is 1. The fourth-order valence-corrected chi connectivity index (χ4v) is 2.96. The summed E-state index contributed by atoms with van der Waals surface area (Å²) in [5.41, 5.74) is 10.6. The zero-order valence-electron chi connectivity index (χ0n) is 12.1. The molecule has 0 aliphatic carbocycles. The lowest BCUT2D eigenvalue weighted by Gasteiger charge is -2.06. The first-order valence-corrected chi connectivity index (χ1v) is 7.18. The van der Waals surface area contributed by atoms with Gasteiger partial charge in [0.15, 0.2) is 0 Å². The van der Waals surface area contributed by atoms with E-state index in [1.54, 1.807) is 12.1 Å². The average Bonchev–Trinajstić information content (AvgIpc) is 2.93. The van der Waals surface area contributed by atoms with E-state index >= 15 is 0 Å². The molecule has 0 atom stereocenters. The molecular formula is C18H13N3O2. The van der Waals surface area contributed by atoms with E-state index in [1.165, 1.54) is 12.1 Å². The minimum atomic E-state index is -0.401. The van der Waals surface area contributed by atoms with Gasteiger partial charge in [0, 0.05) is 39.7 Å². The van der Waals surface area contributed by atoms with Crippen LogP contribution in [0.1, 0.15) is 0 Å². The third-order valence-corrected chi connectivity index (χ3v) is 4.03. The van der Waals surface area contributed by atoms with Crippen molar-refractivity contribution in [3.8, 4) is 11.1 Å². The van der Waals surface area contributed by atoms with Gasteiger partial charge in [-0.1, -0.05) is 18.2 Å². The van der Waals surface area contributed by atoms with Crippen molar-refractivity contribution in [3.63, 3.8) is 0 Å². The Morgan fingerprint density at radius 3 is 2.43 bits per heavy atom. The SMILES string of the molecule is Nc1cc(-c2ccc([N+](=O)[O-])cc2)c2[nH]c3ccccc3c2c1. The largest absolute Gasteiger partial charge is 0.399 e. The Kier molecular flexibility index (Phi) is 2.81. The first-order chi connectivity index (χ1) is 11.1. The molecule has 0 bridgehead atoms. The van der Waals surface area contributed by atoms with Crippen LogP contribution in [0.2, 0.25) is 0 Å². The highest BCUT2D eigenvalue weighted by Crippen LogP contribution is 2.35. The van der Waals surface area contributed by atoms with Crippen LogP contribution in [-0.4, -0.2) is 9.91 Å². The summed E-state index contributed by atoms with van der Waals surface area (Å²) in [5, 5.41) is 13.0. The molecule has 0 saturated heterocycles. The van der Waals surface area contributed by atoms with Crippen LogP contribution in [-0.2, 0) is 0 Å². The van der Waals surface area contributed by atoms with Crippen molar-refractivity contribution in [2.45, 2.75) is 0 Å². The molecule has 0 spiro atoms. The second-order valence-corrected chi connectivity index (χ2v) is 5.47. The minimum Gasteiger partial charge on any atom is -0.399 e. The van der Waals surface area contributed by atoms with Crippen LogP contribution in [0.25, 0.3) is 32.9 Å². The van der Waals surface area contributed by atoms with Gasteiger partial charge in [0.2, 0.25) is 0 Å². The standard InChI is InChI=1S/C18H13N3O2/c19-12-9-15(11-5-7-13(8-6-11)21(22)23)18-16(10-12)14-3-1-2-4-17(14)20-18/h1-10,20H,19H2. The number of aromatic amines is 1. The third-order valence-electron chi connectivity index (χ3n) is 4.03. The fourth-order valence-electron chi connectivity index (χ4n) is 2.96. The normalized spacial score (nSPS) is 11.1. The number of nitrogens with two attached hydrogens (primary N) is 1. The maximum Gasteiger partial charge on any atom is 0.269 e. The van der Waals surface area contributed by atoms with Gasteiger partial charge >= 0.3 is 0 Å². The fraction of sp³-hybridized carbons (Fsp3) is 0. The molecule has 0 aliphatic rings. The van der Waals surface area contributed by atoms with E-state index in [9.17, 15) is 10.1 Å². The van der Waals surface area contributed by atoms with E-state index in [1.807, 2.05) is 36.4 Å². The van der Waals surface area contributed by atoms with Crippen LogP contribution in [0.4, 0.5) is 11.4 Å². The van der Waals surface area contributed by atoms with Gasteiger partial charge in [-0.3, -0.25) is 10.1 Å². The number of anilines is 1. The molecule has 4 rings (SSSR count). The average molecular weight is 303 g/mol. The Morgan fingerprint density at radius 2 is 1.70 bits per heavy atom. The zero-order valence-corrected chi connectivity index (χ0v) is 12.1. The molecule has 3 N–H and O–H groups in total. The lowest BCUT2D eigenvalue weighted by atomic mass is 10.0. The van der Waals surface area contributed by atoms with E-state index in [0.29, 0.717) is 5.69 Å². The molecule has 23 heavy (non-hydrogen) atoms. The Labute approximate surface area is 131 Å². The lowest BCUT2D eigenvalue weighted by molar-refractivity contribution is -0.384. The van der Waals surface area contributed by atoms with E-state index in [4.69, 9.17) is 5.73 Å². The van der Waals surface area contributed by atoms with Gasteiger partial charge in [-0.05, 0) is 35.9 Å². The van der Waals surface area contributed by atoms with Crippen LogP contribution in [0, 0.1) is 10.1 Å². The summed E-state index contributed by atoms with van der Waals surface area (Å²) in [6, 6.07) is 18.4. The molecule has 1 heterocycles. The second kappa shape index (κ2) is 4.84. The van der Waals surface area contributed by atoms with E-state index in [0.717, 1.165) is 32.9 Å². The summed E-state index contributed by atoms with van der Waals surface area (Å²) < 4.78 is 0. The zero-order chi connectivity index (χ0) is 16.0. The van der Waals surface area contributed by atoms with Gasteiger partial charge in [0.25, 0.3) is 5.69 Å². The summed E-state index contributed by atoms with van der Waals surface area (Å²) in [6.07, 6.45) is 0. The molecule has 0 unspecified atom stereocenters. The van der Waals surface area contributed by atoms with Gasteiger partial charge in [0.1, 0.15) is 0 Å². The van der Waals surface area contributed by atoms with E-state index < -0.39 is 4.92 Å². The number of H-pyrrole nitrogens is 1. The number of nitrogens with zero attached hydrogens (tertiary/aromatic N) is 1. The molecule has 0 saturated carbocycles. The van der Waals surface area contributed by atoms with E-state index in [2.05, 4.69) is 4.98 Å². The number of non-ortho nitro benzene ring substituents is 1. The number of nitrogen functional groups attached to an aromatic ring is 1. The highest BCUT2D eigenvalue weighted by Gasteiger charge is 2.12. The molecule has 0 aliphatic heterocycles. The summed E-state index contributed by atoms with van der Waals surface area (Å²) in [6.45, 7) is 0. The molecule has 5 heteroatoms. The monoisotopic (exact) mass is 303 g/mol. The Morgan fingerprint density at radius 1 is 0.957 bits per heavy atom. The number of nitro groups is 1. The minimum absolute atomic E-state index is 0.0746. The van der Waals surface area contributed by atoms with Gasteiger partial charge in [-0.15, -0.1) is 0 Å². The number of hydrogen-bond acceptors (Lipinski definition) is 3. The van der Waals surface area contributed by atoms with Crippen molar-refractivity contribution in [2.75, 3.05) is 5.73 Å². The van der Waals surface area contributed by atoms with Crippen molar-refractivity contribution in [2.24, 2.45) is 0 Å². The summed E-state index contributed by atoms with van der Waals surface area (Å²) in [7, 11) is 0. The summed E-state index contributed by atoms with van der Waals surface area (Å²) in [5.74, 6) is 0. The molecule has 0 amide bonds. The highest BCUT2D eigenvalue weighted by atomic mass is 16.6. The number of fused-ring (bicyclic) bond motifs is 3. The number of rotatable bonds is 2. The van der Waals surface area contributed by atoms with Gasteiger partial charge in [-0.25, -0.2) is 0 Å². The Bertz CT molecular complexity index is 1050. The molecule has 3 aromatic carbocycles. The van der Waals surface area contributed by atoms with Crippen molar-refractivity contribution in [1.29, 1.82) is 0 Å². The first kappa shape index (κ1) is 13.3. The van der Waals surface area contributed by atoms with Crippen LogP contribution in [0.3, 0.4) is 0 Å². The quantitative estimate of drug-likeness (QED) is 0.325. The molecule has 0 fully saturated rings. The van der Waals surface area contributed by atoms with Crippen LogP contribution in [0.5, 0.6) is 0 Å². The Balaban J connectivity index is 2.00. The first-order valence-electron chi connectivity index (χ1n) is 7.18. The summed E-state index contributed by atoms with van der Waals surface area (Å²) in [4.78, 5) is 13.8. The van der Waals surface area contributed by atoms with Crippen LogP contribution < -0.4 is 5.73 Å². The van der Waals surface area contributed by atoms with Gasteiger partial charge < -0.3 is 10.7 Å². The number of nitrogens with one attached hydrogen (secondary N) is 1. The molecule has 5 nitrogen and oxygen atoms in total. The molecule has 1 aromatic heterocycles. The number of hydrogen-bond donors (Lipinski definition) is 2. The van der Waals surface area contributed by atoms with Crippen molar-refractivity contribution < 1.29 is 4.92 Å². The summed E-state index contributed by atoms with van der Waals surface area (Å²) >= 11 is 0. The number of benzene rings is 3. The van der Waals surface area contributed by atoms with E-state index in [-0.39, 0.29) is 5.69 Å². The molecule has 112 valence electrons. The molecule has 4 aromatic rings. The van der Waals surface area contributed by atoms with Crippen LogP contribution in [0.15, 0.2) is 60.7 Å². The van der Waals surface area contributed by atoms with Crippen molar-refractivity contribution >= 4 is 33.2 Å². The topological polar surface area (TPSA) is 84.9 Å². The van der Waals surface area contributed by atoms with Crippen molar-refractivity contribution in [3.05, 3.63) is 70.8 Å². The predicted octanol–water partition coefficient (Wildman–Crippen LogP) is 4.48. The maximum atomic E-state index is 10.8. The molecule has 0 radical (unpaired) electrons. The van der Waals surface area contributed by atoms with Crippen molar-refractivity contribution in [1.82, 2.24) is 4.98 Å². The smallest absolute Gasteiger partial charge is 0.269 e. The van der Waals surface area contributed by atoms with Crippen LogP contribution >= 0.6 is 0 Å². The van der Waals surface area contributed by atoms with Gasteiger partial charge in [-0.2, -0.15) is 0 Å². The predicted molar refractivity (Wildman–Crippen MR) is 92.3 cm³/mol.